The van der Waals surface area contributed by atoms with Crippen LogP contribution in [0.15, 0.2) is 53.1 Å². The van der Waals surface area contributed by atoms with Crippen LogP contribution in [-0.2, 0) is 6.54 Å². The highest BCUT2D eigenvalue weighted by atomic mass is 79.9. The third-order valence-corrected chi connectivity index (χ3v) is 4.76. The molecule has 0 saturated heterocycles. The largest absolute Gasteiger partial charge is 0.497 e. The van der Waals surface area contributed by atoms with Gasteiger partial charge < -0.3 is 10.1 Å². The van der Waals surface area contributed by atoms with Gasteiger partial charge in [0, 0.05) is 11.4 Å². The summed E-state index contributed by atoms with van der Waals surface area (Å²) in [6.07, 6.45) is 1.61. The lowest BCUT2D eigenvalue weighted by Crippen LogP contribution is -2.34. The number of methoxy groups -OCH3 is 1. The molecule has 0 atom stereocenters. The Balaban J connectivity index is 1.88. The van der Waals surface area contributed by atoms with E-state index in [0.717, 1.165) is 10.2 Å². The molecule has 140 valence electrons. The van der Waals surface area contributed by atoms with Gasteiger partial charge in [-0.2, -0.15) is 5.10 Å². The van der Waals surface area contributed by atoms with Gasteiger partial charge in [0.05, 0.1) is 35.0 Å². The topological polar surface area (TPSA) is 70.2 Å². The molecule has 0 aliphatic carbocycles. The van der Waals surface area contributed by atoms with E-state index < -0.39 is 11.8 Å². The molecule has 27 heavy (non-hydrogen) atoms. The fourth-order valence-corrected chi connectivity index (χ4v) is 2.87. The summed E-state index contributed by atoms with van der Waals surface area (Å²) in [5.41, 5.74) is 1.75. The molecule has 0 aliphatic rings. The minimum atomic E-state index is -0.553. The molecule has 0 saturated carbocycles. The lowest BCUT2D eigenvalue weighted by molar-refractivity contribution is 0.256. The zero-order valence-electron chi connectivity index (χ0n) is 14.2. The van der Waals surface area contributed by atoms with Crippen molar-refractivity contribution in [3.63, 3.8) is 0 Å². The van der Waals surface area contributed by atoms with E-state index in [1.165, 1.54) is 23.1 Å². The van der Waals surface area contributed by atoms with Crippen molar-refractivity contribution >= 4 is 44.9 Å². The Morgan fingerprint density at radius 2 is 2.07 bits per heavy atom. The summed E-state index contributed by atoms with van der Waals surface area (Å²) in [6.45, 7) is 0.230. The molecule has 0 fully saturated rings. The second-order valence-corrected chi connectivity index (χ2v) is 6.80. The minimum absolute atomic E-state index is 0.0693. The highest BCUT2D eigenvalue weighted by Gasteiger charge is 2.19. The Morgan fingerprint density at radius 1 is 1.33 bits per heavy atom. The Hall–Kier alpha value is -2.58. The number of aromatic nitrogens is 2. The van der Waals surface area contributed by atoms with Gasteiger partial charge in [-0.3, -0.25) is 10.00 Å². The molecular formula is C18H15BrClFN4O2. The summed E-state index contributed by atoms with van der Waals surface area (Å²) >= 11 is 9.18. The third kappa shape index (κ3) is 4.58. The number of nitrogens with zero attached hydrogens (tertiary/aromatic N) is 2. The van der Waals surface area contributed by atoms with E-state index >= 15 is 0 Å². The number of hydrogen-bond donors (Lipinski definition) is 2. The van der Waals surface area contributed by atoms with Gasteiger partial charge in [-0.05, 0) is 58.4 Å². The molecule has 2 amide bonds. The summed E-state index contributed by atoms with van der Waals surface area (Å²) in [5, 5.41) is 9.46. The van der Waals surface area contributed by atoms with Crippen LogP contribution in [0.3, 0.4) is 0 Å². The molecule has 0 bridgehead atoms. The Morgan fingerprint density at radius 3 is 2.67 bits per heavy atom. The Bertz CT molecular complexity index is 949. The fourth-order valence-electron chi connectivity index (χ4n) is 2.37. The van der Waals surface area contributed by atoms with E-state index in [0.29, 0.717) is 17.1 Å². The molecule has 3 rings (SSSR count). The number of carbonyl (C=O) groups excluding carboxylic acids is 1. The second-order valence-electron chi connectivity index (χ2n) is 5.54. The first-order valence-electron chi connectivity index (χ1n) is 7.83. The summed E-state index contributed by atoms with van der Waals surface area (Å²) in [5.74, 6) is 0.121. The average molecular weight is 454 g/mol. The van der Waals surface area contributed by atoms with Crippen LogP contribution in [0.5, 0.6) is 5.75 Å². The van der Waals surface area contributed by atoms with Crippen LogP contribution in [0.2, 0.25) is 5.02 Å². The van der Waals surface area contributed by atoms with Crippen LogP contribution in [0.1, 0.15) is 5.69 Å². The molecule has 0 unspecified atom stereocenters. The normalized spacial score (nSPS) is 10.5. The number of hydrogen-bond acceptors (Lipinski definition) is 3. The van der Waals surface area contributed by atoms with Gasteiger partial charge in [0.1, 0.15) is 11.6 Å². The fraction of sp³-hybridized carbons (Fsp3) is 0.111. The number of ether oxygens (including phenoxy) is 1. The average Bonchev–Trinajstić information content (AvgIpc) is 3.07. The molecule has 0 radical (unpaired) electrons. The first-order chi connectivity index (χ1) is 13.0. The number of aromatic amines is 1. The Labute approximate surface area is 168 Å². The number of H-pyrrole nitrogens is 1. The van der Waals surface area contributed by atoms with Crippen LogP contribution < -0.4 is 15.0 Å². The van der Waals surface area contributed by atoms with Crippen molar-refractivity contribution in [2.45, 2.75) is 6.54 Å². The van der Waals surface area contributed by atoms with Crippen LogP contribution in [0, 0.1) is 5.82 Å². The smallest absolute Gasteiger partial charge is 0.326 e. The first-order valence-corrected chi connectivity index (χ1v) is 9.00. The van der Waals surface area contributed by atoms with E-state index in [1.54, 1.807) is 37.6 Å². The maximum atomic E-state index is 13.3. The van der Waals surface area contributed by atoms with Crippen molar-refractivity contribution in [3.05, 3.63) is 69.7 Å². The number of urea groups is 1. The van der Waals surface area contributed by atoms with E-state index in [9.17, 15) is 9.18 Å². The van der Waals surface area contributed by atoms with E-state index in [-0.39, 0.29) is 11.6 Å². The summed E-state index contributed by atoms with van der Waals surface area (Å²) in [6, 6.07) is 10.6. The van der Waals surface area contributed by atoms with Crippen molar-refractivity contribution in [2.75, 3.05) is 17.3 Å². The molecule has 2 N–H and O–H groups in total. The van der Waals surface area contributed by atoms with Crippen LogP contribution in [0.4, 0.5) is 20.6 Å². The number of nitrogens with one attached hydrogen (secondary N) is 2. The zero-order valence-corrected chi connectivity index (χ0v) is 16.5. The molecule has 1 heterocycles. The maximum absolute atomic E-state index is 13.3. The Kier molecular flexibility index (Phi) is 5.98. The van der Waals surface area contributed by atoms with E-state index in [4.69, 9.17) is 16.3 Å². The molecule has 9 heteroatoms. The monoisotopic (exact) mass is 452 g/mol. The first kappa shape index (κ1) is 19.2. The predicted molar refractivity (Wildman–Crippen MR) is 106 cm³/mol. The number of halogens is 3. The van der Waals surface area contributed by atoms with Crippen molar-refractivity contribution in [3.8, 4) is 5.75 Å². The van der Waals surface area contributed by atoms with Crippen molar-refractivity contribution in [2.24, 2.45) is 0 Å². The molecular weight excluding hydrogens is 439 g/mol. The lowest BCUT2D eigenvalue weighted by atomic mass is 10.2. The van der Waals surface area contributed by atoms with Gasteiger partial charge in [0.25, 0.3) is 0 Å². The quantitative estimate of drug-likeness (QED) is 0.557. The lowest BCUT2D eigenvalue weighted by Gasteiger charge is -2.23. The molecule has 2 aromatic carbocycles. The van der Waals surface area contributed by atoms with Gasteiger partial charge in [-0.25, -0.2) is 9.18 Å². The molecule has 1 aromatic heterocycles. The SMILES string of the molecule is COc1ccc(N(Cc2[nH]ncc2Br)C(=O)Nc2ccc(F)c(Cl)c2)cc1. The third-order valence-electron chi connectivity index (χ3n) is 3.78. The molecule has 6 nitrogen and oxygen atoms in total. The highest BCUT2D eigenvalue weighted by Crippen LogP contribution is 2.25. The van der Waals surface area contributed by atoms with Crippen molar-refractivity contribution in [1.29, 1.82) is 0 Å². The predicted octanol–water partition coefficient (Wildman–Crippen LogP) is 5.21. The van der Waals surface area contributed by atoms with Gasteiger partial charge >= 0.3 is 6.03 Å². The number of benzene rings is 2. The number of rotatable bonds is 5. The van der Waals surface area contributed by atoms with Crippen LogP contribution in [0.25, 0.3) is 0 Å². The highest BCUT2D eigenvalue weighted by molar-refractivity contribution is 9.10. The maximum Gasteiger partial charge on any atom is 0.326 e. The van der Waals surface area contributed by atoms with Gasteiger partial charge in [-0.15, -0.1) is 0 Å². The standard InChI is InChI=1S/C18H15BrClFN4O2/c1-27-13-5-3-12(4-6-13)25(10-17-14(19)9-22-24-17)18(26)23-11-2-7-16(21)15(20)8-11/h2-9H,10H2,1H3,(H,22,24)(H,23,26). The van der Waals surface area contributed by atoms with E-state index in [1.807, 2.05) is 0 Å². The van der Waals surface area contributed by atoms with Gasteiger partial charge in [0.2, 0.25) is 0 Å². The summed E-state index contributed by atoms with van der Waals surface area (Å²) < 4.78 is 19.3. The van der Waals surface area contributed by atoms with Crippen LogP contribution >= 0.6 is 27.5 Å². The van der Waals surface area contributed by atoms with Crippen molar-refractivity contribution in [1.82, 2.24) is 10.2 Å². The zero-order chi connectivity index (χ0) is 19.4. The summed E-state index contributed by atoms with van der Waals surface area (Å²) in [4.78, 5) is 14.4. The summed E-state index contributed by atoms with van der Waals surface area (Å²) in [7, 11) is 1.57. The molecule has 0 aliphatic heterocycles. The van der Waals surface area contributed by atoms with Crippen LogP contribution in [-0.4, -0.2) is 23.3 Å². The van der Waals surface area contributed by atoms with E-state index in [2.05, 4.69) is 31.4 Å². The molecule has 0 spiro atoms. The number of anilines is 2. The van der Waals surface area contributed by atoms with Gasteiger partial charge in [-0.1, -0.05) is 11.6 Å². The number of amides is 2. The minimum Gasteiger partial charge on any atom is -0.497 e. The number of carbonyl (C=O) groups is 1. The second kappa shape index (κ2) is 8.41. The molecule has 3 aromatic rings. The van der Waals surface area contributed by atoms with Gasteiger partial charge in [0.15, 0.2) is 0 Å². The van der Waals surface area contributed by atoms with Crippen molar-refractivity contribution < 1.29 is 13.9 Å².